The van der Waals surface area contributed by atoms with Gasteiger partial charge < -0.3 is 5.32 Å². The van der Waals surface area contributed by atoms with Crippen molar-refractivity contribution in [1.82, 2.24) is 0 Å². The number of hydrogen-bond donors (Lipinski definition) is 1. The van der Waals surface area contributed by atoms with Gasteiger partial charge in [0.15, 0.2) is 0 Å². The molecule has 2 heteroatoms. The number of anilines is 1. The number of fused-ring (bicyclic) bond motifs is 1. The molecule has 0 saturated heterocycles. The average Bonchev–Trinajstić information content (AvgIpc) is 2.56. The molecule has 0 aromatic heterocycles. The summed E-state index contributed by atoms with van der Waals surface area (Å²) in [5.74, 6) is 0. The van der Waals surface area contributed by atoms with Gasteiger partial charge in [0, 0.05) is 21.6 Å². The van der Waals surface area contributed by atoms with Crippen molar-refractivity contribution in [2.45, 2.75) is 6.92 Å². The molecular weight excluding hydrogens is 286 g/mol. The van der Waals surface area contributed by atoms with Crippen LogP contribution in [0.5, 0.6) is 0 Å². The van der Waals surface area contributed by atoms with Crippen LogP contribution in [0.3, 0.4) is 0 Å². The van der Waals surface area contributed by atoms with Crippen molar-refractivity contribution in [2.75, 3.05) is 5.32 Å². The monoisotopic (exact) mass is 303 g/mol. The highest BCUT2D eigenvalue weighted by Crippen LogP contribution is 2.24. The molecule has 1 nitrogen and oxygen atoms in total. The molecule has 0 bridgehead atoms. The van der Waals surface area contributed by atoms with E-state index in [1.807, 2.05) is 43.3 Å². The zero-order valence-corrected chi connectivity index (χ0v) is 13.2. The quantitative estimate of drug-likeness (QED) is 0.384. The lowest BCUT2D eigenvalue weighted by Crippen LogP contribution is -2.00. The lowest BCUT2D eigenvalue weighted by Gasteiger charge is -2.10. The van der Waals surface area contributed by atoms with Gasteiger partial charge in [-0.1, -0.05) is 78.9 Å². The van der Waals surface area contributed by atoms with E-state index >= 15 is 0 Å². The first-order valence-electron chi connectivity index (χ1n) is 7.26. The summed E-state index contributed by atoms with van der Waals surface area (Å²) >= 11 is 5.49. The first-order valence-corrected chi connectivity index (χ1v) is 7.67. The Morgan fingerprint density at radius 1 is 0.864 bits per heavy atom. The van der Waals surface area contributed by atoms with Crippen molar-refractivity contribution in [1.29, 1.82) is 0 Å². The van der Waals surface area contributed by atoms with Crippen molar-refractivity contribution < 1.29 is 0 Å². The molecule has 1 N–H and O–H groups in total. The number of nitrogens with one attached hydrogen (secondary N) is 1. The van der Waals surface area contributed by atoms with Crippen LogP contribution in [0.2, 0.25) is 0 Å². The van der Waals surface area contributed by atoms with E-state index in [2.05, 4.69) is 47.8 Å². The van der Waals surface area contributed by atoms with E-state index in [4.69, 9.17) is 12.2 Å². The number of thiocarbonyl (C=S) groups is 1. The Morgan fingerprint density at radius 2 is 1.55 bits per heavy atom. The molecule has 0 amide bonds. The minimum Gasteiger partial charge on any atom is -0.359 e. The van der Waals surface area contributed by atoms with Crippen molar-refractivity contribution in [2.24, 2.45) is 0 Å². The van der Waals surface area contributed by atoms with Crippen LogP contribution in [0.25, 0.3) is 10.8 Å². The largest absolute Gasteiger partial charge is 0.359 e. The third kappa shape index (κ3) is 3.23. The Balaban J connectivity index is 1.85. The Bertz CT molecular complexity index is 829. The third-order valence-electron chi connectivity index (χ3n) is 3.53. The molecule has 3 rings (SSSR count). The SMILES string of the molecule is CC(=CC(=S)c1ccccc1)Nc1cccc2ccccc12. The molecule has 0 radical (unpaired) electrons. The summed E-state index contributed by atoms with van der Waals surface area (Å²) in [5, 5.41) is 5.90. The van der Waals surface area contributed by atoms with Gasteiger partial charge in [0.2, 0.25) is 0 Å². The molecule has 0 aliphatic heterocycles. The van der Waals surface area contributed by atoms with Crippen LogP contribution in [-0.2, 0) is 0 Å². The Kier molecular flexibility index (Phi) is 4.31. The van der Waals surface area contributed by atoms with Gasteiger partial charge in [-0.25, -0.2) is 0 Å². The molecule has 0 fully saturated rings. The van der Waals surface area contributed by atoms with Crippen molar-refractivity contribution >= 4 is 33.5 Å². The van der Waals surface area contributed by atoms with E-state index < -0.39 is 0 Å². The van der Waals surface area contributed by atoms with Gasteiger partial charge in [0.25, 0.3) is 0 Å². The standard InChI is InChI=1S/C20H17NS/c1-15(14-20(22)17-9-3-2-4-10-17)21-19-13-7-11-16-8-5-6-12-18(16)19/h2-14,21H,1H3. The van der Waals surface area contributed by atoms with Crippen molar-refractivity contribution in [3.63, 3.8) is 0 Å². The molecule has 0 unspecified atom stereocenters. The summed E-state index contributed by atoms with van der Waals surface area (Å²) in [6.45, 7) is 2.04. The van der Waals surface area contributed by atoms with Crippen LogP contribution in [0.1, 0.15) is 12.5 Å². The fraction of sp³-hybridized carbons (Fsp3) is 0.0500. The van der Waals surface area contributed by atoms with Gasteiger partial charge in [-0.3, -0.25) is 0 Å². The predicted octanol–water partition coefficient (Wildman–Crippen LogP) is 5.57. The van der Waals surface area contributed by atoms with Crippen LogP contribution in [-0.4, -0.2) is 4.86 Å². The molecule has 0 atom stereocenters. The third-order valence-corrected chi connectivity index (χ3v) is 3.88. The summed E-state index contributed by atoms with van der Waals surface area (Å²) in [6.07, 6.45) is 2.01. The average molecular weight is 303 g/mol. The summed E-state index contributed by atoms with van der Waals surface area (Å²) in [4.78, 5) is 0.839. The van der Waals surface area contributed by atoms with Crippen LogP contribution >= 0.6 is 12.2 Å². The molecular formula is C20H17NS. The van der Waals surface area contributed by atoms with E-state index in [0.29, 0.717) is 0 Å². The Hall–Kier alpha value is -2.45. The van der Waals surface area contributed by atoms with E-state index in [1.165, 1.54) is 10.8 Å². The van der Waals surface area contributed by atoms with Crippen LogP contribution in [0.15, 0.2) is 84.6 Å². The highest BCUT2D eigenvalue weighted by Gasteiger charge is 2.02. The first-order chi connectivity index (χ1) is 10.7. The fourth-order valence-corrected chi connectivity index (χ4v) is 2.78. The van der Waals surface area contributed by atoms with E-state index in [-0.39, 0.29) is 0 Å². The van der Waals surface area contributed by atoms with Crippen molar-refractivity contribution in [3.05, 3.63) is 90.1 Å². The van der Waals surface area contributed by atoms with Gasteiger partial charge in [-0.15, -0.1) is 0 Å². The Morgan fingerprint density at radius 3 is 2.36 bits per heavy atom. The van der Waals surface area contributed by atoms with Gasteiger partial charge >= 0.3 is 0 Å². The maximum atomic E-state index is 5.49. The predicted molar refractivity (Wildman–Crippen MR) is 99.5 cm³/mol. The maximum Gasteiger partial charge on any atom is 0.0466 e. The molecule has 0 spiro atoms. The lowest BCUT2D eigenvalue weighted by atomic mass is 10.1. The number of hydrogen-bond acceptors (Lipinski definition) is 2. The molecule has 0 saturated carbocycles. The van der Waals surface area contributed by atoms with Gasteiger partial charge in [-0.2, -0.15) is 0 Å². The van der Waals surface area contributed by atoms with E-state index in [0.717, 1.165) is 21.8 Å². The second-order valence-electron chi connectivity index (χ2n) is 5.21. The molecule has 22 heavy (non-hydrogen) atoms. The van der Waals surface area contributed by atoms with Crippen molar-refractivity contribution in [3.8, 4) is 0 Å². The molecule has 108 valence electrons. The number of benzene rings is 3. The van der Waals surface area contributed by atoms with Crippen LogP contribution in [0, 0.1) is 0 Å². The number of rotatable bonds is 4. The summed E-state index contributed by atoms with van der Waals surface area (Å²) in [6, 6.07) is 24.7. The number of allylic oxidation sites excluding steroid dienone is 2. The van der Waals surface area contributed by atoms with Gasteiger partial charge in [0.05, 0.1) is 0 Å². The highest BCUT2D eigenvalue weighted by atomic mass is 32.1. The smallest absolute Gasteiger partial charge is 0.0466 e. The zero-order valence-electron chi connectivity index (χ0n) is 12.4. The second-order valence-corrected chi connectivity index (χ2v) is 5.65. The normalized spacial score (nSPS) is 11.4. The van der Waals surface area contributed by atoms with Crippen LogP contribution < -0.4 is 5.32 Å². The molecule has 3 aromatic carbocycles. The lowest BCUT2D eigenvalue weighted by molar-refractivity contribution is 1.40. The molecule has 3 aromatic rings. The summed E-state index contributed by atoms with van der Waals surface area (Å²) < 4.78 is 0. The zero-order chi connectivity index (χ0) is 15.4. The minimum atomic E-state index is 0.839. The van der Waals surface area contributed by atoms with E-state index in [9.17, 15) is 0 Å². The first kappa shape index (κ1) is 14.5. The summed E-state index contributed by atoms with van der Waals surface area (Å²) in [5.41, 5.74) is 3.20. The molecule has 0 aliphatic rings. The highest BCUT2D eigenvalue weighted by molar-refractivity contribution is 7.81. The van der Waals surface area contributed by atoms with Gasteiger partial charge in [0.1, 0.15) is 0 Å². The van der Waals surface area contributed by atoms with E-state index in [1.54, 1.807) is 0 Å². The van der Waals surface area contributed by atoms with Crippen LogP contribution in [0.4, 0.5) is 5.69 Å². The minimum absolute atomic E-state index is 0.839. The molecule has 0 heterocycles. The Labute approximate surface area is 136 Å². The fourth-order valence-electron chi connectivity index (χ4n) is 2.47. The second kappa shape index (κ2) is 6.54. The topological polar surface area (TPSA) is 12.0 Å². The van der Waals surface area contributed by atoms with Gasteiger partial charge in [-0.05, 0) is 30.0 Å². The summed E-state index contributed by atoms with van der Waals surface area (Å²) in [7, 11) is 0. The maximum absolute atomic E-state index is 5.49. The molecule has 0 aliphatic carbocycles.